The van der Waals surface area contributed by atoms with Gasteiger partial charge < -0.3 is 10.2 Å². The molecule has 0 radical (unpaired) electrons. The van der Waals surface area contributed by atoms with E-state index < -0.39 is 6.04 Å². The molecule has 0 bridgehead atoms. The topological polar surface area (TPSA) is 123 Å². The molecule has 1 aromatic carbocycles. The van der Waals surface area contributed by atoms with Crippen molar-refractivity contribution in [3.8, 4) is 11.1 Å². The van der Waals surface area contributed by atoms with E-state index in [0.29, 0.717) is 39.3 Å². The summed E-state index contributed by atoms with van der Waals surface area (Å²) in [5.41, 5.74) is 4.28. The molecule has 1 aliphatic heterocycles. The third kappa shape index (κ3) is 4.81. The van der Waals surface area contributed by atoms with Gasteiger partial charge in [-0.3, -0.25) is 19.1 Å². The average Bonchev–Trinajstić information content (AvgIpc) is 3.28. The summed E-state index contributed by atoms with van der Waals surface area (Å²) in [7, 11) is 0. The molecule has 4 heterocycles. The number of nitrogens with one attached hydrogen (secondary N) is 1. The predicted molar refractivity (Wildman–Crippen MR) is 157 cm³/mol. The van der Waals surface area contributed by atoms with Crippen molar-refractivity contribution in [1.82, 2.24) is 29.6 Å². The first-order chi connectivity index (χ1) is 19.4. The van der Waals surface area contributed by atoms with Gasteiger partial charge in [0.1, 0.15) is 34.5 Å². The van der Waals surface area contributed by atoms with Crippen LogP contribution in [0, 0.1) is 26.2 Å². The van der Waals surface area contributed by atoms with E-state index in [9.17, 15) is 14.4 Å². The summed E-state index contributed by atoms with van der Waals surface area (Å²) in [6.07, 6.45) is 3.22. The van der Waals surface area contributed by atoms with Gasteiger partial charge in [0.05, 0.1) is 5.52 Å². The molecule has 1 N–H and O–H groups in total. The third-order valence-electron chi connectivity index (χ3n) is 8.31. The fourth-order valence-corrected chi connectivity index (χ4v) is 6.30. The normalized spacial score (nSPS) is 21.2. The molecule has 4 aromatic rings. The van der Waals surface area contributed by atoms with Gasteiger partial charge >= 0.3 is 0 Å². The van der Waals surface area contributed by atoms with Crippen LogP contribution in [0.5, 0.6) is 0 Å². The Morgan fingerprint density at radius 1 is 1.10 bits per heavy atom. The minimum absolute atomic E-state index is 0.00691. The van der Waals surface area contributed by atoms with Crippen LogP contribution in [0.3, 0.4) is 0 Å². The van der Waals surface area contributed by atoms with E-state index in [1.807, 2.05) is 51.1 Å². The van der Waals surface area contributed by atoms with E-state index in [1.54, 1.807) is 15.8 Å². The zero-order valence-corrected chi connectivity index (χ0v) is 25.1. The molecule has 2 amide bonds. The van der Waals surface area contributed by atoms with Crippen LogP contribution in [0.1, 0.15) is 54.3 Å². The summed E-state index contributed by atoms with van der Waals surface area (Å²) in [6.45, 7) is 9.13. The number of pyridine rings is 1. The van der Waals surface area contributed by atoms with Gasteiger partial charge in [0, 0.05) is 35.8 Å². The standard InChI is InChI=1S/C30H30BrN7O3/c1-15-6-9-25(31)34-28(15)35-29(41)23-11-30(5)12-24(30)38(23)26(40)14-37-22-8-7-19(10-20(22)27(36-37)17(3)39)21-13-32-18(4)33-16(21)2/h6-10,13,23-24H,11-12,14H2,1-5H3,(H,34,35,41)/t23-,24+,30-/m0/s1. The molecule has 11 heteroatoms. The van der Waals surface area contributed by atoms with E-state index in [4.69, 9.17) is 0 Å². The number of piperidine rings is 1. The number of likely N-dealkylation sites (tertiary alicyclic amines) is 1. The van der Waals surface area contributed by atoms with Crippen molar-refractivity contribution in [2.24, 2.45) is 5.41 Å². The van der Waals surface area contributed by atoms with Crippen LogP contribution in [0.15, 0.2) is 41.1 Å². The van der Waals surface area contributed by atoms with E-state index >= 15 is 0 Å². The lowest BCUT2D eigenvalue weighted by Crippen LogP contribution is -2.47. The molecule has 210 valence electrons. The summed E-state index contributed by atoms with van der Waals surface area (Å²) >= 11 is 3.36. The van der Waals surface area contributed by atoms with E-state index in [2.05, 4.69) is 48.2 Å². The molecule has 2 fully saturated rings. The number of amides is 2. The van der Waals surface area contributed by atoms with Crippen LogP contribution < -0.4 is 5.32 Å². The van der Waals surface area contributed by atoms with Gasteiger partial charge in [-0.25, -0.2) is 15.0 Å². The number of rotatable bonds is 6. The smallest absolute Gasteiger partial charge is 0.248 e. The molecule has 0 unspecified atom stereocenters. The molecule has 1 saturated carbocycles. The Kier molecular flexibility index (Phi) is 6.52. The Morgan fingerprint density at radius 2 is 1.88 bits per heavy atom. The zero-order valence-electron chi connectivity index (χ0n) is 23.5. The largest absolute Gasteiger partial charge is 0.325 e. The monoisotopic (exact) mass is 615 g/mol. The van der Waals surface area contributed by atoms with Gasteiger partial charge in [-0.15, -0.1) is 0 Å². The maximum atomic E-state index is 13.8. The number of ketones is 1. The van der Waals surface area contributed by atoms with Crippen LogP contribution in [0.25, 0.3) is 22.0 Å². The van der Waals surface area contributed by atoms with E-state index in [1.165, 1.54) is 6.92 Å². The summed E-state index contributed by atoms with van der Waals surface area (Å²) in [6, 6.07) is 8.76. The minimum atomic E-state index is -0.614. The zero-order chi connectivity index (χ0) is 29.2. The number of nitrogens with zero attached hydrogens (tertiary/aromatic N) is 6. The molecule has 10 nitrogen and oxygen atoms in total. The second-order valence-electron chi connectivity index (χ2n) is 11.4. The second kappa shape index (κ2) is 9.83. The molecule has 41 heavy (non-hydrogen) atoms. The molecule has 1 aliphatic carbocycles. The van der Waals surface area contributed by atoms with Crippen molar-refractivity contribution in [3.05, 3.63) is 63.9 Å². The van der Waals surface area contributed by atoms with Gasteiger partial charge in [-0.2, -0.15) is 5.10 Å². The quantitative estimate of drug-likeness (QED) is 0.244. The number of hydrogen-bond donors (Lipinski definition) is 1. The van der Waals surface area contributed by atoms with E-state index in [0.717, 1.165) is 28.8 Å². The number of halogens is 1. The number of aryl methyl sites for hydroxylation is 3. The van der Waals surface area contributed by atoms with Crippen LogP contribution >= 0.6 is 15.9 Å². The third-order valence-corrected chi connectivity index (χ3v) is 8.75. The van der Waals surface area contributed by atoms with Crippen LogP contribution in [0.2, 0.25) is 0 Å². The van der Waals surface area contributed by atoms with Gasteiger partial charge in [0.15, 0.2) is 5.78 Å². The van der Waals surface area contributed by atoms with Gasteiger partial charge in [0.2, 0.25) is 11.8 Å². The molecular weight excluding hydrogens is 586 g/mol. The van der Waals surface area contributed by atoms with Crippen molar-refractivity contribution < 1.29 is 14.4 Å². The Morgan fingerprint density at radius 3 is 2.61 bits per heavy atom. The number of aromatic nitrogens is 5. The molecule has 2 aliphatic rings. The predicted octanol–water partition coefficient (Wildman–Crippen LogP) is 4.80. The average molecular weight is 617 g/mol. The fourth-order valence-electron chi connectivity index (χ4n) is 6.00. The Hall–Kier alpha value is -3.99. The number of hydrogen-bond acceptors (Lipinski definition) is 7. The number of Topliss-reactive ketones (excluding diaryl/α,β-unsaturated/α-hetero) is 1. The highest BCUT2D eigenvalue weighted by Gasteiger charge is 2.64. The lowest BCUT2D eigenvalue weighted by atomic mass is 10.0. The van der Waals surface area contributed by atoms with Gasteiger partial charge in [-0.1, -0.05) is 19.1 Å². The summed E-state index contributed by atoms with van der Waals surface area (Å²) < 4.78 is 2.19. The van der Waals surface area contributed by atoms with Gasteiger partial charge in [-0.05, 0) is 84.3 Å². The summed E-state index contributed by atoms with van der Waals surface area (Å²) in [4.78, 5) is 54.7. The van der Waals surface area contributed by atoms with Crippen molar-refractivity contribution in [2.45, 2.75) is 66.1 Å². The second-order valence-corrected chi connectivity index (χ2v) is 12.2. The highest BCUT2D eigenvalue weighted by atomic mass is 79.9. The van der Waals surface area contributed by atoms with Crippen molar-refractivity contribution in [3.63, 3.8) is 0 Å². The number of benzene rings is 1. The summed E-state index contributed by atoms with van der Waals surface area (Å²) in [5, 5.41) is 8.14. The van der Waals surface area contributed by atoms with Crippen LogP contribution in [0.4, 0.5) is 5.82 Å². The lowest BCUT2D eigenvalue weighted by Gasteiger charge is -2.27. The fraction of sp³-hybridized carbons (Fsp3) is 0.367. The molecule has 3 atom stereocenters. The molecule has 0 spiro atoms. The SMILES string of the molecule is CC(=O)c1nn(CC(=O)N2[C@H](C(=O)Nc3nc(Br)ccc3C)C[C@@]3(C)C[C@@H]23)c2ccc(-c3cnc(C)nc3C)cc12. The Balaban J connectivity index is 1.30. The number of anilines is 1. The van der Waals surface area contributed by atoms with Crippen molar-refractivity contribution in [1.29, 1.82) is 0 Å². The molecular formula is C30H30BrN7O3. The number of carbonyl (C=O) groups is 3. The Labute approximate surface area is 245 Å². The molecule has 1 saturated heterocycles. The van der Waals surface area contributed by atoms with Gasteiger partial charge in [0.25, 0.3) is 0 Å². The van der Waals surface area contributed by atoms with Crippen LogP contribution in [-0.4, -0.2) is 59.3 Å². The first-order valence-electron chi connectivity index (χ1n) is 13.5. The minimum Gasteiger partial charge on any atom is -0.325 e. The maximum Gasteiger partial charge on any atom is 0.248 e. The molecule has 3 aromatic heterocycles. The van der Waals surface area contributed by atoms with Crippen LogP contribution in [-0.2, 0) is 16.1 Å². The number of fused-ring (bicyclic) bond motifs is 2. The van der Waals surface area contributed by atoms with Crippen molar-refractivity contribution >= 4 is 50.2 Å². The first-order valence-corrected chi connectivity index (χ1v) is 14.3. The highest BCUT2D eigenvalue weighted by molar-refractivity contribution is 9.10. The highest BCUT2D eigenvalue weighted by Crippen LogP contribution is 2.59. The molecule has 6 rings (SSSR count). The van der Waals surface area contributed by atoms with Crippen molar-refractivity contribution in [2.75, 3.05) is 5.32 Å². The summed E-state index contributed by atoms with van der Waals surface area (Å²) in [5.74, 6) is 0.501. The Bertz CT molecular complexity index is 1770. The van der Waals surface area contributed by atoms with E-state index in [-0.39, 0.29) is 35.6 Å². The number of carbonyl (C=O) groups excluding carboxylic acids is 3. The lowest BCUT2D eigenvalue weighted by molar-refractivity contribution is -0.138. The maximum absolute atomic E-state index is 13.8. The first kappa shape index (κ1) is 27.2.